The Balaban J connectivity index is 1.79. The second-order valence-electron chi connectivity index (χ2n) is 9.64. The van der Waals surface area contributed by atoms with Gasteiger partial charge in [-0.15, -0.1) is 0 Å². The summed E-state index contributed by atoms with van der Waals surface area (Å²) in [5.41, 5.74) is 11.1. The van der Waals surface area contributed by atoms with Crippen LogP contribution in [0.1, 0.15) is 12.0 Å². The summed E-state index contributed by atoms with van der Waals surface area (Å²) in [6.07, 6.45) is 5.37. The third-order valence-electron chi connectivity index (χ3n) is 7.06. The summed E-state index contributed by atoms with van der Waals surface area (Å²) < 4.78 is 0. The quantitative estimate of drug-likeness (QED) is 0.242. The smallest absolute Gasteiger partial charge is 0.186 e. The van der Waals surface area contributed by atoms with Crippen LogP contribution in [0.25, 0.3) is 50.1 Å². The molecule has 38 heavy (non-hydrogen) atoms. The van der Waals surface area contributed by atoms with E-state index >= 15 is 0 Å². The molecule has 0 saturated carbocycles. The van der Waals surface area contributed by atoms with E-state index in [0.29, 0.717) is 0 Å². The van der Waals surface area contributed by atoms with Crippen LogP contribution in [0.4, 0.5) is 0 Å². The van der Waals surface area contributed by atoms with Gasteiger partial charge in [0.05, 0.1) is 0 Å². The topological polar surface area (TPSA) is 40.5 Å². The average molecular weight is 493 g/mol. The highest BCUT2D eigenvalue weighted by molar-refractivity contribution is 6.06. The minimum absolute atomic E-state index is 0.134. The molecule has 184 valence electrons. The lowest BCUT2D eigenvalue weighted by atomic mass is 9.78. The fourth-order valence-corrected chi connectivity index (χ4v) is 5.28. The molecule has 5 aromatic rings. The van der Waals surface area contributed by atoms with Crippen molar-refractivity contribution in [3.8, 4) is 44.5 Å². The molecule has 5 aromatic carbocycles. The molecule has 2 N–H and O–H groups in total. The highest BCUT2D eigenvalue weighted by Gasteiger charge is 2.26. The summed E-state index contributed by atoms with van der Waals surface area (Å²) in [5.74, 6) is -1.83. The molecule has 2 heteroatoms. The van der Waals surface area contributed by atoms with Gasteiger partial charge < -0.3 is 10.2 Å². The molecule has 0 radical (unpaired) electrons. The number of allylic oxidation sites excluding steroid dienone is 2. The van der Waals surface area contributed by atoms with Gasteiger partial charge in [-0.1, -0.05) is 133 Å². The average Bonchev–Trinajstić information content (AvgIpc) is 2.98. The molecule has 0 unspecified atom stereocenters. The SMILES string of the molecule is OC1(O)C=CC(c2cc(-c3ccccc3)c(-c3ccccc3)c(-c3ccccc3)c2-c2ccccc2)=CC1. The second-order valence-corrected chi connectivity index (χ2v) is 9.64. The number of benzene rings is 5. The number of rotatable bonds is 5. The molecule has 0 bridgehead atoms. The minimum Gasteiger partial charge on any atom is -0.362 e. The van der Waals surface area contributed by atoms with E-state index in [4.69, 9.17) is 0 Å². The van der Waals surface area contributed by atoms with Crippen molar-refractivity contribution in [2.45, 2.75) is 12.2 Å². The van der Waals surface area contributed by atoms with Crippen LogP contribution in [0.15, 0.2) is 146 Å². The highest BCUT2D eigenvalue weighted by Crippen LogP contribution is 2.49. The zero-order valence-electron chi connectivity index (χ0n) is 21.0. The van der Waals surface area contributed by atoms with E-state index in [1.165, 1.54) is 11.6 Å². The molecule has 0 aromatic heterocycles. The van der Waals surface area contributed by atoms with Gasteiger partial charge in [-0.3, -0.25) is 0 Å². The molecule has 0 fully saturated rings. The molecule has 0 saturated heterocycles. The van der Waals surface area contributed by atoms with E-state index in [-0.39, 0.29) is 6.42 Å². The third-order valence-corrected chi connectivity index (χ3v) is 7.06. The highest BCUT2D eigenvalue weighted by atomic mass is 16.5. The summed E-state index contributed by atoms with van der Waals surface area (Å²) in [4.78, 5) is 0. The van der Waals surface area contributed by atoms with E-state index in [1.54, 1.807) is 0 Å². The zero-order chi connectivity index (χ0) is 26.0. The molecule has 0 heterocycles. The maximum atomic E-state index is 10.2. The molecule has 1 aliphatic rings. The standard InChI is InChI=1S/C36H28O2/c37-36(38)23-21-27(22-24-36)32-25-31(26-13-5-1-6-14-26)33(28-15-7-2-8-16-28)35(30-19-11-4-12-20-30)34(32)29-17-9-3-10-18-29/h1-23,25,37-38H,24H2. The van der Waals surface area contributed by atoms with Crippen molar-refractivity contribution >= 4 is 5.57 Å². The van der Waals surface area contributed by atoms with Crippen LogP contribution in [0.3, 0.4) is 0 Å². The Morgan fingerprint density at radius 1 is 0.474 bits per heavy atom. The van der Waals surface area contributed by atoms with Crippen molar-refractivity contribution in [1.82, 2.24) is 0 Å². The summed E-state index contributed by atoms with van der Waals surface area (Å²) in [6.45, 7) is 0. The number of hydrogen-bond donors (Lipinski definition) is 2. The molecule has 0 aliphatic heterocycles. The van der Waals surface area contributed by atoms with Crippen LogP contribution >= 0.6 is 0 Å². The Labute approximate surface area is 223 Å². The second kappa shape index (κ2) is 10.1. The maximum Gasteiger partial charge on any atom is 0.186 e. The van der Waals surface area contributed by atoms with Gasteiger partial charge in [-0.2, -0.15) is 0 Å². The van der Waals surface area contributed by atoms with Crippen LogP contribution in [-0.2, 0) is 0 Å². The third kappa shape index (κ3) is 4.64. The normalized spacial score (nSPS) is 14.2. The van der Waals surface area contributed by atoms with Crippen LogP contribution < -0.4 is 0 Å². The lowest BCUT2D eigenvalue weighted by Crippen LogP contribution is -2.25. The fourth-order valence-electron chi connectivity index (χ4n) is 5.28. The largest absolute Gasteiger partial charge is 0.362 e. The maximum absolute atomic E-state index is 10.2. The monoisotopic (exact) mass is 492 g/mol. The Hall–Kier alpha value is -4.50. The van der Waals surface area contributed by atoms with Gasteiger partial charge in [0, 0.05) is 6.42 Å². The molecule has 0 atom stereocenters. The Morgan fingerprint density at radius 3 is 1.34 bits per heavy atom. The lowest BCUT2D eigenvalue weighted by Gasteiger charge is -2.26. The molecule has 1 aliphatic carbocycles. The van der Waals surface area contributed by atoms with E-state index < -0.39 is 5.79 Å². The molecule has 0 spiro atoms. The number of hydrogen-bond acceptors (Lipinski definition) is 2. The van der Waals surface area contributed by atoms with Crippen molar-refractivity contribution in [2.24, 2.45) is 0 Å². The van der Waals surface area contributed by atoms with Gasteiger partial charge in [0.2, 0.25) is 0 Å². The van der Waals surface area contributed by atoms with Crippen molar-refractivity contribution in [3.63, 3.8) is 0 Å². The minimum atomic E-state index is -1.83. The fraction of sp³-hybridized carbons (Fsp3) is 0.0556. The first kappa shape index (κ1) is 23.9. The van der Waals surface area contributed by atoms with Gasteiger partial charge in [0.1, 0.15) is 0 Å². The van der Waals surface area contributed by atoms with Crippen LogP contribution in [0, 0.1) is 0 Å². The van der Waals surface area contributed by atoms with Crippen molar-refractivity contribution < 1.29 is 10.2 Å². The van der Waals surface area contributed by atoms with Gasteiger partial charge in [-0.05, 0) is 67.8 Å². The predicted octanol–water partition coefficient (Wildman–Crippen LogP) is 8.38. The summed E-state index contributed by atoms with van der Waals surface area (Å²) in [7, 11) is 0. The van der Waals surface area contributed by atoms with E-state index in [9.17, 15) is 10.2 Å². The summed E-state index contributed by atoms with van der Waals surface area (Å²) in [6, 6.07) is 44.4. The van der Waals surface area contributed by atoms with Crippen molar-refractivity contribution in [2.75, 3.05) is 0 Å². The lowest BCUT2D eigenvalue weighted by molar-refractivity contribution is -0.114. The van der Waals surface area contributed by atoms with Crippen molar-refractivity contribution in [3.05, 3.63) is 151 Å². The van der Waals surface area contributed by atoms with Gasteiger partial charge in [0.25, 0.3) is 0 Å². The molecular formula is C36H28O2. The summed E-state index contributed by atoms with van der Waals surface area (Å²) >= 11 is 0. The van der Waals surface area contributed by atoms with Crippen LogP contribution in [0.5, 0.6) is 0 Å². The first-order valence-corrected chi connectivity index (χ1v) is 12.9. The van der Waals surface area contributed by atoms with E-state index in [1.807, 2.05) is 36.4 Å². The first-order chi connectivity index (χ1) is 18.6. The first-order valence-electron chi connectivity index (χ1n) is 12.9. The Kier molecular flexibility index (Phi) is 6.35. The predicted molar refractivity (Wildman–Crippen MR) is 157 cm³/mol. The van der Waals surface area contributed by atoms with Crippen molar-refractivity contribution in [1.29, 1.82) is 0 Å². The Bertz CT molecular complexity index is 1620. The van der Waals surface area contributed by atoms with Crippen LogP contribution in [0.2, 0.25) is 0 Å². The number of aliphatic hydroxyl groups is 2. The van der Waals surface area contributed by atoms with Gasteiger partial charge >= 0.3 is 0 Å². The van der Waals surface area contributed by atoms with Gasteiger partial charge in [-0.25, -0.2) is 0 Å². The van der Waals surface area contributed by atoms with E-state index in [0.717, 1.165) is 50.1 Å². The van der Waals surface area contributed by atoms with Gasteiger partial charge in [0.15, 0.2) is 5.79 Å². The van der Waals surface area contributed by atoms with Crippen LogP contribution in [-0.4, -0.2) is 16.0 Å². The molecular weight excluding hydrogens is 464 g/mol. The molecule has 6 rings (SSSR count). The molecule has 2 nitrogen and oxygen atoms in total. The van der Waals surface area contributed by atoms with E-state index in [2.05, 4.69) is 103 Å². The zero-order valence-corrected chi connectivity index (χ0v) is 21.0. The molecule has 0 amide bonds. The Morgan fingerprint density at radius 2 is 0.895 bits per heavy atom. The summed E-state index contributed by atoms with van der Waals surface area (Å²) in [5, 5.41) is 20.4.